The molecule has 0 amide bonds. The smallest absolute Gasteiger partial charge is 0.163 e. The van der Waals surface area contributed by atoms with Gasteiger partial charge in [-0.1, -0.05) is 0 Å². The maximum Gasteiger partial charge on any atom is 0.163 e. The molecule has 2 nitrogen and oxygen atoms in total. The molecule has 0 bridgehead atoms. The van der Waals surface area contributed by atoms with Gasteiger partial charge in [0.2, 0.25) is 0 Å². The summed E-state index contributed by atoms with van der Waals surface area (Å²) < 4.78 is 10.4. The Morgan fingerprint density at radius 1 is 1.08 bits per heavy atom. The van der Waals surface area contributed by atoms with E-state index >= 15 is 0 Å². The zero-order valence-corrected chi connectivity index (χ0v) is 8.60. The minimum atomic E-state index is 0.746. The highest BCUT2D eigenvalue weighted by molar-refractivity contribution is 5.54. The van der Waals surface area contributed by atoms with Gasteiger partial charge < -0.3 is 9.47 Å². The predicted molar refractivity (Wildman–Crippen MR) is 53.5 cm³/mol. The number of hydrogen-bond acceptors (Lipinski definition) is 2. The van der Waals surface area contributed by atoms with Gasteiger partial charge in [0.25, 0.3) is 0 Å². The number of benzene rings is 1. The van der Waals surface area contributed by atoms with Gasteiger partial charge in [-0.25, -0.2) is 0 Å². The van der Waals surface area contributed by atoms with Crippen molar-refractivity contribution < 1.29 is 9.47 Å². The molecule has 0 saturated carbocycles. The van der Waals surface area contributed by atoms with Crippen LogP contribution in [0, 0.1) is 20.8 Å². The summed E-state index contributed by atoms with van der Waals surface area (Å²) in [4.78, 5) is 0. The first-order valence-electron chi connectivity index (χ1n) is 4.16. The highest BCUT2D eigenvalue weighted by Gasteiger charge is 2.10. The molecule has 0 heterocycles. The summed E-state index contributed by atoms with van der Waals surface area (Å²) in [7, 11) is 3.28. The Kier molecular flexibility index (Phi) is 2.81. The predicted octanol–water partition coefficient (Wildman–Crippen LogP) is 2.50. The molecule has 0 spiro atoms. The maximum absolute atomic E-state index is 5.25. The Hall–Kier alpha value is -1.18. The lowest BCUT2D eigenvalue weighted by atomic mass is 10.0. The van der Waals surface area contributed by atoms with E-state index in [0.29, 0.717) is 0 Å². The van der Waals surface area contributed by atoms with Crippen LogP contribution in [0.4, 0.5) is 0 Å². The topological polar surface area (TPSA) is 18.5 Å². The van der Waals surface area contributed by atoms with Gasteiger partial charge in [-0.15, -0.1) is 0 Å². The Morgan fingerprint density at radius 3 is 2.15 bits per heavy atom. The average Bonchev–Trinajstić information content (AvgIpc) is 2.13. The van der Waals surface area contributed by atoms with Crippen LogP contribution in [-0.4, -0.2) is 14.2 Å². The SMILES string of the molecule is [CH2]c1cc(OC)c(OC)c(C)c1C. The molecule has 0 aliphatic rings. The van der Waals surface area contributed by atoms with Crippen molar-refractivity contribution in [2.75, 3.05) is 14.2 Å². The summed E-state index contributed by atoms with van der Waals surface area (Å²) in [6.07, 6.45) is 0. The lowest BCUT2D eigenvalue weighted by Gasteiger charge is -2.14. The minimum absolute atomic E-state index is 0.746. The van der Waals surface area contributed by atoms with Gasteiger partial charge in [0.1, 0.15) is 0 Å². The van der Waals surface area contributed by atoms with Crippen LogP contribution in [0.1, 0.15) is 16.7 Å². The van der Waals surface area contributed by atoms with Gasteiger partial charge >= 0.3 is 0 Å². The van der Waals surface area contributed by atoms with Crippen molar-refractivity contribution >= 4 is 0 Å². The molecule has 1 radical (unpaired) electrons. The van der Waals surface area contributed by atoms with Crippen LogP contribution in [0.15, 0.2) is 6.07 Å². The lowest BCUT2D eigenvalue weighted by molar-refractivity contribution is 0.352. The average molecular weight is 179 g/mol. The highest BCUT2D eigenvalue weighted by atomic mass is 16.5. The second kappa shape index (κ2) is 3.69. The van der Waals surface area contributed by atoms with E-state index in [9.17, 15) is 0 Å². The third-order valence-corrected chi connectivity index (χ3v) is 2.34. The van der Waals surface area contributed by atoms with E-state index in [-0.39, 0.29) is 0 Å². The third kappa shape index (κ3) is 1.62. The highest BCUT2D eigenvalue weighted by Crippen LogP contribution is 2.34. The number of ether oxygens (including phenoxy) is 2. The Bertz CT molecular complexity index is 316. The Labute approximate surface area is 79.5 Å². The fourth-order valence-electron chi connectivity index (χ4n) is 1.33. The fraction of sp³-hybridized carbons (Fsp3) is 0.364. The molecule has 71 valence electrons. The van der Waals surface area contributed by atoms with Gasteiger partial charge in [-0.05, 0) is 43.5 Å². The van der Waals surface area contributed by atoms with E-state index < -0.39 is 0 Å². The second-order valence-corrected chi connectivity index (χ2v) is 3.02. The molecule has 0 fully saturated rings. The van der Waals surface area contributed by atoms with E-state index in [1.165, 1.54) is 0 Å². The van der Waals surface area contributed by atoms with Crippen molar-refractivity contribution in [2.45, 2.75) is 13.8 Å². The molecule has 0 aromatic heterocycles. The van der Waals surface area contributed by atoms with Gasteiger partial charge in [-0.3, -0.25) is 0 Å². The first kappa shape index (κ1) is 9.90. The molecule has 13 heavy (non-hydrogen) atoms. The Morgan fingerprint density at radius 2 is 1.69 bits per heavy atom. The number of hydrogen-bond donors (Lipinski definition) is 0. The lowest BCUT2D eigenvalue weighted by Crippen LogP contribution is -1.97. The van der Waals surface area contributed by atoms with Crippen LogP contribution in [0.5, 0.6) is 11.5 Å². The van der Waals surface area contributed by atoms with E-state index in [0.717, 1.165) is 28.2 Å². The van der Waals surface area contributed by atoms with Crippen molar-refractivity contribution in [3.05, 3.63) is 29.7 Å². The molecule has 1 aromatic carbocycles. The molecule has 0 saturated heterocycles. The van der Waals surface area contributed by atoms with E-state index in [4.69, 9.17) is 9.47 Å². The summed E-state index contributed by atoms with van der Waals surface area (Å²) in [5.41, 5.74) is 3.22. The van der Waals surface area contributed by atoms with E-state index in [2.05, 4.69) is 6.92 Å². The molecule has 0 aliphatic carbocycles. The summed E-state index contributed by atoms with van der Waals surface area (Å²) in [6.45, 7) is 7.96. The molecule has 1 rings (SSSR count). The zero-order chi connectivity index (χ0) is 10.0. The van der Waals surface area contributed by atoms with Crippen molar-refractivity contribution in [1.82, 2.24) is 0 Å². The largest absolute Gasteiger partial charge is 0.493 e. The van der Waals surface area contributed by atoms with Gasteiger partial charge in [-0.2, -0.15) is 0 Å². The molecule has 0 atom stereocenters. The summed E-state index contributed by atoms with van der Waals surface area (Å²) >= 11 is 0. The van der Waals surface area contributed by atoms with Crippen LogP contribution < -0.4 is 9.47 Å². The number of rotatable bonds is 2. The molecule has 1 aromatic rings. The van der Waals surface area contributed by atoms with Crippen LogP contribution in [0.3, 0.4) is 0 Å². The monoisotopic (exact) mass is 179 g/mol. The van der Waals surface area contributed by atoms with Crippen molar-refractivity contribution in [3.8, 4) is 11.5 Å². The van der Waals surface area contributed by atoms with Crippen LogP contribution in [0.2, 0.25) is 0 Å². The number of methoxy groups -OCH3 is 2. The van der Waals surface area contributed by atoms with Gasteiger partial charge in [0, 0.05) is 0 Å². The summed E-state index contributed by atoms with van der Waals surface area (Å²) in [5, 5.41) is 0. The van der Waals surface area contributed by atoms with E-state index in [1.54, 1.807) is 14.2 Å². The van der Waals surface area contributed by atoms with Crippen LogP contribution >= 0.6 is 0 Å². The minimum Gasteiger partial charge on any atom is -0.493 e. The standard InChI is InChI=1S/C11H15O2/c1-7-6-10(12-4)11(13-5)9(3)8(7)2/h6H,1H2,2-5H3. The normalized spacial score (nSPS) is 9.92. The summed E-state index contributed by atoms with van der Waals surface area (Å²) in [6, 6.07) is 1.89. The quantitative estimate of drug-likeness (QED) is 0.694. The molecule has 0 N–H and O–H groups in total. The van der Waals surface area contributed by atoms with Crippen LogP contribution in [0.25, 0.3) is 0 Å². The van der Waals surface area contributed by atoms with Gasteiger partial charge in [0.15, 0.2) is 11.5 Å². The third-order valence-electron chi connectivity index (χ3n) is 2.34. The van der Waals surface area contributed by atoms with E-state index in [1.807, 2.05) is 19.9 Å². The summed E-state index contributed by atoms with van der Waals surface area (Å²) in [5.74, 6) is 1.54. The fourth-order valence-corrected chi connectivity index (χ4v) is 1.33. The van der Waals surface area contributed by atoms with Crippen molar-refractivity contribution in [2.24, 2.45) is 0 Å². The molecule has 2 heteroatoms. The molecular weight excluding hydrogens is 164 g/mol. The molecule has 0 unspecified atom stereocenters. The zero-order valence-electron chi connectivity index (χ0n) is 8.60. The van der Waals surface area contributed by atoms with Gasteiger partial charge in [0.05, 0.1) is 14.2 Å². The Balaban J connectivity index is 3.39. The molecular formula is C11H15O2. The van der Waals surface area contributed by atoms with Crippen molar-refractivity contribution in [1.29, 1.82) is 0 Å². The maximum atomic E-state index is 5.25. The first-order valence-corrected chi connectivity index (χ1v) is 4.16. The molecule has 0 aliphatic heterocycles. The first-order chi connectivity index (χ1) is 6.11. The van der Waals surface area contributed by atoms with Crippen molar-refractivity contribution in [3.63, 3.8) is 0 Å². The van der Waals surface area contributed by atoms with Crippen LogP contribution in [-0.2, 0) is 0 Å². The second-order valence-electron chi connectivity index (χ2n) is 3.02.